The second-order valence-electron chi connectivity index (χ2n) is 3.40. The summed E-state index contributed by atoms with van der Waals surface area (Å²) in [4.78, 5) is 10.3. The summed E-state index contributed by atoms with van der Waals surface area (Å²) in [5.74, 6) is 1.30. The van der Waals surface area contributed by atoms with Crippen LogP contribution in [-0.2, 0) is 15.0 Å². The van der Waals surface area contributed by atoms with Crippen LogP contribution in [0.25, 0.3) is 0 Å². The van der Waals surface area contributed by atoms with Crippen LogP contribution < -0.4 is 4.72 Å². The molecule has 1 unspecified atom stereocenters. The number of carbonyl (C=O) groups is 1. The van der Waals surface area contributed by atoms with Gasteiger partial charge in [-0.15, -0.1) is 12.3 Å². The van der Waals surface area contributed by atoms with Crippen molar-refractivity contribution in [3.8, 4) is 12.3 Å². The fraction of sp³-hybridized carbons (Fsp3) is 0.667. The highest BCUT2D eigenvalue weighted by Crippen LogP contribution is 1.99. The maximum atomic E-state index is 11.6. The second-order valence-corrected chi connectivity index (χ2v) is 5.21. The Labute approximate surface area is 95.8 Å². The molecular formula is C9H16N2O4S. The number of nitrogens with one attached hydrogen (secondary N) is 1. The normalized spacial score (nSPS) is 13.4. The predicted molar refractivity (Wildman–Crippen MR) is 59.9 cm³/mol. The highest BCUT2D eigenvalue weighted by molar-refractivity contribution is 7.87. The van der Waals surface area contributed by atoms with E-state index >= 15 is 0 Å². The molecule has 0 bridgehead atoms. The quantitative estimate of drug-likeness (QED) is 0.602. The first-order valence-corrected chi connectivity index (χ1v) is 6.12. The maximum Gasteiger partial charge on any atom is 0.304 e. The number of terminal acetylenes is 1. The minimum absolute atomic E-state index is 0.0760. The highest BCUT2D eigenvalue weighted by atomic mass is 32.2. The molecule has 16 heavy (non-hydrogen) atoms. The van der Waals surface area contributed by atoms with E-state index in [0.717, 1.165) is 4.31 Å². The van der Waals surface area contributed by atoms with Crippen molar-refractivity contribution in [3.05, 3.63) is 0 Å². The molecule has 0 saturated heterocycles. The SMILES string of the molecule is C#CCC(C)NS(=O)(=O)N(C)CCC(=O)O. The Morgan fingerprint density at radius 3 is 2.62 bits per heavy atom. The van der Waals surface area contributed by atoms with Gasteiger partial charge in [0.15, 0.2) is 0 Å². The van der Waals surface area contributed by atoms with Crippen molar-refractivity contribution in [2.24, 2.45) is 0 Å². The van der Waals surface area contributed by atoms with Gasteiger partial charge in [0, 0.05) is 26.1 Å². The van der Waals surface area contributed by atoms with E-state index in [0.29, 0.717) is 0 Å². The van der Waals surface area contributed by atoms with Crippen molar-refractivity contribution in [2.75, 3.05) is 13.6 Å². The summed E-state index contributed by atoms with van der Waals surface area (Å²) in [5.41, 5.74) is 0. The maximum absolute atomic E-state index is 11.6. The minimum atomic E-state index is -3.65. The molecule has 0 aliphatic rings. The van der Waals surface area contributed by atoms with Crippen LogP contribution in [0, 0.1) is 12.3 Å². The molecule has 0 radical (unpaired) electrons. The van der Waals surface area contributed by atoms with Gasteiger partial charge in [-0.05, 0) is 6.92 Å². The van der Waals surface area contributed by atoms with Crippen LogP contribution in [0.1, 0.15) is 19.8 Å². The molecule has 0 saturated carbocycles. The number of hydrogen-bond acceptors (Lipinski definition) is 3. The van der Waals surface area contributed by atoms with Crippen LogP contribution in [-0.4, -0.2) is 43.4 Å². The largest absolute Gasteiger partial charge is 0.481 e. The Morgan fingerprint density at radius 1 is 1.62 bits per heavy atom. The van der Waals surface area contributed by atoms with Crippen molar-refractivity contribution in [2.45, 2.75) is 25.8 Å². The Bertz CT molecular complexity index is 371. The Balaban J connectivity index is 4.32. The fourth-order valence-corrected chi connectivity index (χ4v) is 2.04. The van der Waals surface area contributed by atoms with Gasteiger partial charge in [-0.25, -0.2) is 0 Å². The average molecular weight is 248 g/mol. The summed E-state index contributed by atoms with van der Waals surface area (Å²) in [6.45, 7) is 1.57. The molecule has 0 aliphatic heterocycles. The molecule has 0 aliphatic carbocycles. The molecular weight excluding hydrogens is 232 g/mol. The van der Waals surface area contributed by atoms with E-state index in [-0.39, 0.29) is 25.4 Å². The fourth-order valence-electron chi connectivity index (χ4n) is 0.936. The molecule has 0 spiro atoms. The van der Waals surface area contributed by atoms with Crippen LogP contribution in [0.4, 0.5) is 0 Å². The van der Waals surface area contributed by atoms with Gasteiger partial charge < -0.3 is 5.11 Å². The summed E-state index contributed by atoms with van der Waals surface area (Å²) in [5, 5.41) is 8.43. The average Bonchev–Trinajstić information content (AvgIpc) is 2.13. The zero-order valence-corrected chi connectivity index (χ0v) is 10.1. The predicted octanol–water partition coefficient (Wildman–Crippen LogP) is -0.361. The number of rotatable bonds is 7. The first kappa shape index (κ1) is 14.9. The van der Waals surface area contributed by atoms with Gasteiger partial charge in [0.25, 0.3) is 10.2 Å². The van der Waals surface area contributed by atoms with E-state index in [1.165, 1.54) is 7.05 Å². The van der Waals surface area contributed by atoms with Crippen LogP contribution in [0.5, 0.6) is 0 Å². The van der Waals surface area contributed by atoms with Crippen molar-refractivity contribution >= 4 is 16.2 Å². The summed E-state index contributed by atoms with van der Waals surface area (Å²) >= 11 is 0. The first-order valence-electron chi connectivity index (χ1n) is 4.68. The Hall–Kier alpha value is -1.10. The second kappa shape index (κ2) is 6.48. The monoisotopic (exact) mass is 248 g/mol. The van der Waals surface area contributed by atoms with E-state index in [9.17, 15) is 13.2 Å². The number of carboxylic acid groups (broad SMARTS) is 1. The summed E-state index contributed by atoms with van der Waals surface area (Å²) in [7, 11) is -2.34. The zero-order chi connectivity index (χ0) is 12.8. The van der Waals surface area contributed by atoms with Crippen molar-refractivity contribution in [1.82, 2.24) is 9.03 Å². The first-order chi connectivity index (χ1) is 7.29. The topological polar surface area (TPSA) is 86.7 Å². The molecule has 6 nitrogen and oxygen atoms in total. The van der Waals surface area contributed by atoms with Crippen LogP contribution in [0.15, 0.2) is 0 Å². The van der Waals surface area contributed by atoms with Gasteiger partial charge in [0.2, 0.25) is 0 Å². The molecule has 0 heterocycles. The van der Waals surface area contributed by atoms with Crippen LogP contribution in [0.3, 0.4) is 0 Å². The van der Waals surface area contributed by atoms with Gasteiger partial charge in [-0.2, -0.15) is 17.4 Å². The summed E-state index contributed by atoms with van der Waals surface area (Å²) < 4.78 is 26.5. The molecule has 0 amide bonds. The third kappa shape index (κ3) is 5.70. The molecule has 92 valence electrons. The van der Waals surface area contributed by atoms with E-state index in [2.05, 4.69) is 10.6 Å². The molecule has 0 aromatic rings. The van der Waals surface area contributed by atoms with Crippen molar-refractivity contribution in [3.63, 3.8) is 0 Å². The van der Waals surface area contributed by atoms with Crippen LogP contribution >= 0.6 is 0 Å². The molecule has 2 N–H and O–H groups in total. The molecule has 1 atom stereocenters. The third-order valence-electron chi connectivity index (χ3n) is 1.83. The zero-order valence-electron chi connectivity index (χ0n) is 9.30. The van der Waals surface area contributed by atoms with E-state index in [1.54, 1.807) is 6.92 Å². The van der Waals surface area contributed by atoms with E-state index < -0.39 is 16.2 Å². The van der Waals surface area contributed by atoms with Gasteiger partial charge in [-0.1, -0.05) is 0 Å². The lowest BCUT2D eigenvalue weighted by molar-refractivity contribution is -0.137. The Morgan fingerprint density at radius 2 is 2.19 bits per heavy atom. The van der Waals surface area contributed by atoms with Crippen molar-refractivity contribution in [1.29, 1.82) is 0 Å². The van der Waals surface area contributed by atoms with E-state index in [1.807, 2.05) is 0 Å². The number of hydrogen-bond donors (Lipinski definition) is 2. The molecule has 0 fully saturated rings. The lowest BCUT2D eigenvalue weighted by atomic mass is 10.3. The van der Waals surface area contributed by atoms with Gasteiger partial charge in [-0.3, -0.25) is 4.79 Å². The Kier molecular flexibility index (Phi) is 6.03. The smallest absolute Gasteiger partial charge is 0.304 e. The standard InChI is InChI=1S/C9H16N2O4S/c1-4-5-8(2)10-16(14,15)11(3)7-6-9(12)13/h1,8,10H,5-7H2,2-3H3,(H,12,13). The lowest BCUT2D eigenvalue weighted by Gasteiger charge is -2.19. The molecule has 0 rings (SSSR count). The lowest BCUT2D eigenvalue weighted by Crippen LogP contribution is -2.43. The van der Waals surface area contributed by atoms with Gasteiger partial charge in [0.1, 0.15) is 0 Å². The molecule has 0 aromatic carbocycles. The van der Waals surface area contributed by atoms with E-state index in [4.69, 9.17) is 11.5 Å². The summed E-state index contributed by atoms with van der Waals surface area (Å²) in [6.07, 6.45) is 5.10. The third-order valence-corrected chi connectivity index (χ3v) is 3.53. The minimum Gasteiger partial charge on any atom is -0.481 e. The number of carboxylic acids is 1. The highest BCUT2D eigenvalue weighted by Gasteiger charge is 2.20. The molecule has 7 heteroatoms. The number of aliphatic carboxylic acids is 1. The summed E-state index contributed by atoms with van der Waals surface area (Å²) in [6, 6.07) is -0.373. The van der Waals surface area contributed by atoms with Gasteiger partial charge in [0.05, 0.1) is 6.42 Å². The number of nitrogens with zero attached hydrogens (tertiary/aromatic N) is 1. The molecule has 0 aromatic heterocycles. The van der Waals surface area contributed by atoms with Gasteiger partial charge >= 0.3 is 5.97 Å². The van der Waals surface area contributed by atoms with Crippen LogP contribution in [0.2, 0.25) is 0 Å². The van der Waals surface area contributed by atoms with Crippen molar-refractivity contribution < 1.29 is 18.3 Å².